The number of aromatic amines is 1. The summed E-state index contributed by atoms with van der Waals surface area (Å²) in [5.41, 5.74) is 1.34. The summed E-state index contributed by atoms with van der Waals surface area (Å²) in [7, 11) is 0. The first-order valence-electron chi connectivity index (χ1n) is 6.35. The summed E-state index contributed by atoms with van der Waals surface area (Å²) >= 11 is 0. The first-order chi connectivity index (χ1) is 8.84. The zero-order chi connectivity index (χ0) is 12.4. The number of hydrogen-bond donors (Lipinski definition) is 2. The lowest BCUT2D eigenvalue weighted by Gasteiger charge is -2.20. The summed E-state index contributed by atoms with van der Waals surface area (Å²) in [5, 5.41) is 3.36. The molecular weight excluding hydrogens is 229 g/mol. The number of aromatic nitrogens is 2. The predicted octanol–water partition coefficient (Wildman–Crippen LogP) is 2.68. The zero-order valence-corrected chi connectivity index (χ0v) is 10.1. The summed E-state index contributed by atoms with van der Waals surface area (Å²) in [4.78, 5) is 7.64. The third kappa shape index (κ3) is 2.16. The van der Waals surface area contributed by atoms with Crippen molar-refractivity contribution in [1.29, 1.82) is 0 Å². The second-order valence-electron chi connectivity index (χ2n) is 4.71. The van der Waals surface area contributed by atoms with Crippen LogP contribution in [-0.4, -0.2) is 23.1 Å². The van der Waals surface area contributed by atoms with Gasteiger partial charge in [-0.2, -0.15) is 0 Å². The van der Waals surface area contributed by atoms with E-state index in [1.807, 2.05) is 6.07 Å². The average Bonchev–Trinajstić information content (AvgIpc) is 2.90. The molecule has 0 radical (unpaired) electrons. The first kappa shape index (κ1) is 11.4. The Morgan fingerprint density at radius 1 is 1.28 bits per heavy atom. The Bertz CT molecular complexity index is 529. The van der Waals surface area contributed by atoms with Gasteiger partial charge in [-0.25, -0.2) is 9.37 Å². The minimum absolute atomic E-state index is 0.213. The molecule has 0 spiro atoms. The van der Waals surface area contributed by atoms with Gasteiger partial charge in [0, 0.05) is 18.0 Å². The molecule has 3 nitrogen and oxygen atoms in total. The van der Waals surface area contributed by atoms with Gasteiger partial charge in [-0.1, -0.05) is 12.1 Å². The van der Waals surface area contributed by atoms with Crippen molar-refractivity contribution in [2.24, 2.45) is 0 Å². The number of H-pyrrole nitrogens is 1. The van der Waals surface area contributed by atoms with E-state index in [1.165, 1.54) is 12.5 Å². The molecule has 18 heavy (non-hydrogen) atoms. The number of rotatable bonds is 2. The lowest BCUT2D eigenvalue weighted by molar-refractivity contribution is 0.449. The molecule has 1 aliphatic heterocycles. The monoisotopic (exact) mass is 245 g/mol. The van der Waals surface area contributed by atoms with Gasteiger partial charge in [0.2, 0.25) is 0 Å². The van der Waals surface area contributed by atoms with Crippen LogP contribution in [0.4, 0.5) is 4.39 Å². The Balaban J connectivity index is 1.87. The molecule has 1 aromatic carbocycles. The molecule has 0 saturated carbocycles. The molecule has 1 aromatic heterocycles. The fraction of sp³-hybridized carbons (Fsp3) is 0.357. The summed E-state index contributed by atoms with van der Waals surface area (Å²) in [6, 6.07) is 6.77. The van der Waals surface area contributed by atoms with Crippen LogP contribution in [0, 0.1) is 5.82 Å². The van der Waals surface area contributed by atoms with E-state index in [1.54, 1.807) is 18.3 Å². The second kappa shape index (κ2) is 4.90. The zero-order valence-electron chi connectivity index (χ0n) is 10.1. The number of imidazole rings is 1. The summed E-state index contributed by atoms with van der Waals surface area (Å²) in [6.45, 7) is 2.03. The molecular formula is C14H16FN3. The molecule has 1 atom stereocenters. The van der Waals surface area contributed by atoms with Gasteiger partial charge in [-0.3, -0.25) is 0 Å². The minimum Gasteiger partial charge on any atom is -0.342 e. The molecule has 1 fully saturated rings. The highest BCUT2D eigenvalue weighted by Gasteiger charge is 2.18. The van der Waals surface area contributed by atoms with Crippen molar-refractivity contribution in [3.8, 4) is 11.3 Å². The third-order valence-corrected chi connectivity index (χ3v) is 3.44. The van der Waals surface area contributed by atoms with Gasteiger partial charge in [0.15, 0.2) is 0 Å². The van der Waals surface area contributed by atoms with E-state index < -0.39 is 0 Å². The van der Waals surface area contributed by atoms with Crippen LogP contribution in [-0.2, 0) is 0 Å². The number of piperidine rings is 1. The summed E-state index contributed by atoms with van der Waals surface area (Å²) in [5.74, 6) is 1.16. The number of nitrogens with one attached hydrogen (secondary N) is 2. The molecule has 4 heteroatoms. The van der Waals surface area contributed by atoms with Crippen LogP contribution in [0.5, 0.6) is 0 Å². The molecule has 0 amide bonds. The Hall–Kier alpha value is -1.68. The number of halogens is 1. The molecule has 0 bridgehead atoms. The van der Waals surface area contributed by atoms with Gasteiger partial charge in [0.25, 0.3) is 0 Å². The van der Waals surface area contributed by atoms with Crippen molar-refractivity contribution in [2.45, 2.75) is 18.8 Å². The van der Waals surface area contributed by atoms with Gasteiger partial charge in [0.05, 0.1) is 11.9 Å². The van der Waals surface area contributed by atoms with Crippen LogP contribution in [0.1, 0.15) is 24.6 Å². The first-order valence-corrected chi connectivity index (χ1v) is 6.35. The molecule has 0 aliphatic carbocycles. The van der Waals surface area contributed by atoms with E-state index in [0.29, 0.717) is 11.5 Å². The molecule has 1 aliphatic rings. The van der Waals surface area contributed by atoms with Gasteiger partial charge in [0.1, 0.15) is 11.6 Å². The molecule has 2 aromatic rings. The fourth-order valence-corrected chi connectivity index (χ4v) is 2.45. The largest absolute Gasteiger partial charge is 0.342 e. The maximum Gasteiger partial charge on any atom is 0.132 e. The topological polar surface area (TPSA) is 40.7 Å². The molecule has 1 unspecified atom stereocenters. The van der Waals surface area contributed by atoms with E-state index in [2.05, 4.69) is 15.3 Å². The normalized spacial score (nSPS) is 19.9. The summed E-state index contributed by atoms with van der Waals surface area (Å²) in [6.07, 6.45) is 4.03. The van der Waals surface area contributed by atoms with Crippen molar-refractivity contribution in [3.63, 3.8) is 0 Å². The van der Waals surface area contributed by atoms with Gasteiger partial charge in [-0.05, 0) is 31.5 Å². The Morgan fingerprint density at radius 3 is 2.94 bits per heavy atom. The Labute approximate surface area is 105 Å². The van der Waals surface area contributed by atoms with Crippen molar-refractivity contribution in [2.75, 3.05) is 13.1 Å². The summed E-state index contributed by atoms with van der Waals surface area (Å²) < 4.78 is 13.7. The maximum absolute atomic E-state index is 13.7. The van der Waals surface area contributed by atoms with E-state index in [-0.39, 0.29) is 5.82 Å². The van der Waals surface area contributed by atoms with Crippen molar-refractivity contribution in [1.82, 2.24) is 15.3 Å². The standard InChI is InChI=1S/C14H16FN3/c15-12-6-2-1-5-11(12)13-9-17-14(18-13)10-4-3-7-16-8-10/h1-2,5-6,9-10,16H,3-4,7-8H2,(H,17,18). The van der Waals surface area contributed by atoms with Crippen LogP contribution >= 0.6 is 0 Å². The smallest absolute Gasteiger partial charge is 0.132 e. The predicted molar refractivity (Wildman–Crippen MR) is 68.8 cm³/mol. The fourth-order valence-electron chi connectivity index (χ4n) is 2.45. The molecule has 94 valence electrons. The van der Waals surface area contributed by atoms with Crippen LogP contribution in [0.25, 0.3) is 11.3 Å². The van der Waals surface area contributed by atoms with E-state index in [0.717, 1.165) is 31.0 Å². The van der Waals surface area contributed by atoms with Gasteiger partial charge < -0.3 is 10.3 Å². The molecule has 3 rings (SSSR count). The SMILES string of the molecule is Fc1ccccc1-c1cnc(C2CCCNC2)[nH]1. The number of benzene rings is 1. The number of hydrogen-bond acceptors (Lipinski definition) is 2. The van der Waals surface area contributed by atoms with Crippen molar-refractivity contribution >= 4 is 0 Å². The van der Waals surface area contributed by atoms with Crippen molar-refractivity contribution in [3.05, 3.63) is 42.1 Å². The highest BCUT2D eigenvalue weighted by Crippen LogP contribution is 2.25. The average molecular weight is 245 g/mol. The molecule has 1 saturated heterocycles. The quantitative estimate of drug-likeness (QED) is 0.854. The van der Waals surface area contributed by atoms with Crippen LogP contribution in [0.2, 0.25) is 0 Å². The highest BCUT2D eigenvalue weighted by molar-refractivity contribution is 5.59. The molecule has 2 heterocycles. The van der Waals surface area contributed by atoms with Gasteiger partial charge >= 0.3 is 0 Å². The Morgan fingerprint density at radius 2 is 2.17 bits per heavy atom. The lowest BCUT2D eigenvalue weighted by atomic mass is 9.99. The maximum atomic E-state index is 13.7. The second-order valence-corrected chi connectivity index (χ2v) is 4.71. The van der Waals surface area contributed by atoms with E-state index >= 15 is 0 Å². The minimum atomic E-state index is -0.213. The third-order valence-electron chi connectivity index (χ3n) is 3.44. The van der Waals surface area contributed by atoms with Crippen LogP contribution in [0.15, 0.2) is 30.5 Å². The lowest BCUT2D eigenvalue weighted by Crippen LogP contribution is -2.28. The van der Waals surface area contributed by atoms with Crippen LogP contribution < -0.4 is 5.32 Å². The highest BCUT2D eigenvalue weighted by atomic mass is 19.1. The van der Waals surface area contributed by atoms with Crippen molar-refractivity contribution < 1.29 is 4.39 Å². The molecule has 2 N–H and O–H groups in total. The van der Waals surface area contributed by atoms with Gasteiger partial charge in [-0.15, -0.1) is 0 Å². The van der Waals surface area contributed by atoms with Crippen LogP contribution in [0.3, 0.4) is 0 Å². The number of nitrogens with zero attached hydrogens (tertiary/aromatic N) is 1. The Kier molecular flexibility index (Phi) is 3.11. The van der Waals surface area contributed by atoms with E-state index in [4.69, 9.17) is 0 Å². The van der Waals surface area contributed by atoms with E-state index in [9.17, 15) is 4.39 Å².